The molecular weight excluding hydrogens is 196 g/mol. The summed E-state index contributed by atoms with van der Waals surface area (Å²) in [6.07, 6.45) is 5.82. The van der Waals surface area contributed by atoms with Crippen molar-refractivity contribution < 1.29 is 4.74 Å². The predicted octanol–water partition coefficient (Wildman–Crippen LogP) is 3.98. The Balaban J connectivity index is 2.22. The summed E-state index contributed by atoms with van der Waals surface area (Å²) >= 11 is 0. The van der Waals surface area contributed by atoms with E-state index in [4.69, 9.17) is 4.74 Å². The molecule has 2 aromatic rings. The van der Waals surface area contributed by atoms with Crippen molar-refractivity contribution in [2.45, 2.75) is 6.61 Å². The van der Waals surface area contributed by atoms with Gasteiger partial charge in [-0.25, -0.2) is 0 Å². The second-order valence-corrected chi connectivity index (χ2v) is 3.89. The smallest absolute Gasteiger partial charge is 0.113 e. The summed E-state index contributed by atoms with van der Waals surface area (Å²) in [7, 11) is 0. The lowest BCUT2D eigenvalue weighted by Crippen LogP contribution is -1.91. The van der Waals surface area contributed by atoms with Gasteiger partial charge in [-0.15, -0.1) is 0 Å². The topological polar surface area (TPSA) is 9.23 Å². The van der Waals surface area contributed by atoms with Gasteiger partial charge >= 0.3 is 0 Å². The number of ether oxygens (including phenoxy) is 1. The lowest BCUT2D eigenvalue weighted by molar-refractivity contribution is 0.237. The van der Waals surface area contributed by atoms with Gasteiger partial charge in [-0.3, -0.25) is 0 Å². The second-order valence-electron chi connectivity index (χ2n) is 3.89. The molecule has 0 fully saturated rings. The fraction of sp³-hybridized carbons (Fsp3) is 0.0667. The minimum Gasteiger partial charge on any atom is -0.497 e. The van der Waals surface area contributed by atoms with E-state index in [1.807, 2.05) is 0 Å². The Hall–Kier alpha value is -2.02. The van der Waals surface area contributed by atoms with Gasteiger partial charge in [0.1, 0.15) is 6.61 Å². The van der Waals surface area contributed by atoms with Gasteiger partial charge < -0.3 is 4.74 Å². The van der Waals surface area contributed by atoms with E-state index in [0.717, 1.165) is 0 Å². The highest BCUT2D eigenvalue weighted by molar-refractivity contribution is 6.05. The molecule has 0 saturated heterocycles. The quantitative estimate of drug-likeness (QED) is 0.591. The number of rotatable bonds is 3. The Bertz CT molecular complexity index is 594. The summed E-state index contributed by atoms with van der Waals surface area (Å²) in [5.74, 6) is 0. The minimum absolute atomic E-state index is 0.591. The summed E-state index contributed by atoms with van der Waals surface area (Å²) in [5.41, 5.74) is 3.80. The van der Waals surface area contributed by atoms with Crippen molar-refractivity contribution in [3.05, 3.63) is 59.9 Å². The molecule has 0 aromatic heterocycles. The molecule has 0 N–H and O–H groups in total. The zero-order chi connectivity index (χ0) is 11.0. The molecule has 78 valence electrons. The van der Waals surface area contributed by atoms with Crippen LogP contribution >= 0.6 is 0 Å². The van der Waals surface area contributed by atoms with E-state index < -0.39 is 0 Å². The van der Waals surface area contributed by atoms with Gasteiger partial charge in [-0.2, -0.15) is 0 Å². The van der Waals surface area contributed by atoms with Crippen molar-refractivity contribution >= 4 is 22.9 Å². The molecular formula is C15H12O. The van der Waals surface area contributed by atoms with Crippen molar-refractivity contribution in [2.24, 2.45) is 0 Å². The van der Waals surface area contributed by atoms with Crippen molar-refractivity contribution in [2.75, 3.05) is 0 Å². The molecule has 2 aromatic carbocycles. The highest BCUT2D eigenvalue weighted by Gasteiger charge is 2.12. The van der Waals surface area contributed by atoms with Crippen molar-refractivity contribution in [3.8, 4) is 0 Å². The van der Waals surface area contributed by atoms with Gasteiger partial charge in [0.05, 0.1) is 6.26 Å². The Kier molecular flexibility index (Phi) is 2.03. The molecule has 0 spiro atoms. The number of benzene rings is 2. The van der Waals surface area contributed by atoms with Crippen LogP contribution in [0.1, 0.15) is 16.7 Å². The van der Waals surface area contributed by atoms with Gasteiger partial charge in [-0.05, 0) is 27.5 Å². The SMILES string of the molecule is C=COCc1ccc2cccc3c2c1C=C3. The van der Waals surface area contributed by atoms with Crippen molar-refractivity contribution in [1.29, 1.82) is 0 Å². The van der Waals surface area contributed by atoms with Crippen LogP contribution in [0.25, 0.3) is 22.9 Å². The Morgan fingerprint density at radius 1 is 1.12 bits per heavy atom. The lowest BCUT2D eigenvalue weighted by Gasteiger charge is -2.08. The summed E-state index contributed by atoms with van der Waals surface area (Å²) < 4.78 is 5.26. The van der Waals surface area contributed by atoms with Crippen LogP contribution in [0.4, 0.5) is 0 Å². The maximum absolute atomic E-state index is 5.26. The second kappa shape index (κ2) is 3.53. The first-order chi connectivity index (χ1) is 7.90. The molecule has 1 aliphatic rings. The molecule has 0 atom stereocenters. The molecule has 3 rings (SSSR count). The van der Waals surface area contributed by atoms with Crippen LogP contribution in [0, 0.1) is 0 Å². The largest absolute Gasteiger partial charge is 0.497 e. The maximum atomic E-state index is 5.26. The summed E-state index contributed by atoms with van der Waals surface area (Å²) in [6, 6.07) is 10.7. The van der Waals surface area contributed by atoms with E-state index in [9.17, 15) is 0 Å². The van der Waals surface area contributed by atoms with E-state index in [1.54, 1.807) is 0 Å². The van der Waals surface area contributed by atoms with E-state index in [2.05, 4.69) is 49.1 Å². The van der Waals surface area contributed by atoms with E-state index >= 15 is 0 Å². The van der Waals surface area contributed by atoms with Crippen LogP contribution in [-0.4, -0.2) is 0 Å². The summed E-state index contributed by atoms with van der Waals surface area (Å²) in [5, 5.41) is 2.63. The van der Waals surface area contributed by atoms with Gasteiger partial charge in [0.15, 0.2) is 0 Å². The molecule has 1 aliphatic carbocycles. The molecule has 0 bridgehead atoms. The fourth-order valence-electron chi connectivity index (χ4n) is 2.26. The monoisotopic (exact) mass is 208 g/mol. The Morgan fingerprint density at radius 3 is 2.94 bits per heavy atom. The predicted molar refractivity (Wildman–Crippen MR) is 67.9 cm³/mol. The first-order valence-corrected chi connectivity index (χ1v) is 5.35. The number of hydrogen-bond acceptors (Lipinski definition) is 1. The van der Waals surface area contributed by atoms with E-state index in [0.29, 0.717) is 6.61 Å². The minimum atomic E-state index is 0.591. The van der Waals surface area contributed by atoms with E-state index in [-0.39, 0.29) is 0 Å². The van der Waals surface area contributed by atoms with Crippen molar-refractivity contribution in [3.63, 3.8) is 0 Å². The Labute approximate surface area is 94.7 Å². The standard InChI is InChI=1S/C15H12O/c1-2-16-10-13-7-6-11-4-3-5-12-8-9-14(13)15(11)12/h2-9H,1,10H2. The zero-order valence-electron chi connectivity index (χ0n) is 8.94. The molecule has 0 unspecified atom stereocenters. The van der Waals surface area contributed by atoms with Crippen LogP contribution in [0.3, 0.4) is 0 Å². The van der Waals surface area contributed by atoms with Gasteiger partial charge in [0.25, 0.3) is 0 Å². The summed E-state index contributed by atoms with van der Waals surface area (Å²) in [4.78, 5) is 0. The Morgan fingerprint density at radius 2 is 2.06 bits per heavy atom. The first-order valence-electron chi connectivity index (χ1n) is 5.35. The highest BCUT2D eigenvalue weighted by atomic mass is 16.5. The van der Waals surface area contributed by atoms with Crippen molar-refractivity contribution in [1.82, 2.24) is 0 Å². The van der Waals surface area contributed by atoms with Crippen LogP contribution in [0.15, 0.2) is 43.2 Å². The molecule has 1 nitrogen and oxygen atoms in total. The lowest BCUT2D eigenvalue weighted by atomic mass is 10.00. The number of hydrogen-bond donors (Lipinski definition) is 0. The van der Waals surface area contributed by atoms with Crippen LogP contribution in [-0.2, 0) is 11.3 Å². The summed E-state index contributed by atoms with van der Waals surface area (Å²) in [6.45, 7) is 4.16. The van der Waals surface area contributed by atoms with Crippen LogP contribution in [0.2, 0.25) is 0 Å². The van der Waals surface area contributed by atoms with E-state index in [1.165, 1.54) is 33.7 Å². The molecule has 0 radical (unpaired) electrons. The third-order valence-corrected chi connectivity index (χ3v) is 2.99. The molecule has 0 amide bonds. The molecule has 1 heteroatoms. The molecule has 0 saturated carbocycles. The molecule has 0 heterocycles. The third-order valence-electron chi connectivity index (χ3n) is 2.99. The van der Waals surface area contributed by atoms with Gasteiger partial charge in [0.2, 0.25) is 0 Å². The highest BCUT2D eigenvalue weighted by Crippen LogP contribution is 2.33. The van der Waals surface area contributed by atoms with Crippen LogP contribution in [0.5, 0.6) is 0 Å². The first kappa shape index (κ1) is 9.22. The van der Waals surface area contributed by atoms with Crippen LogP contribution < -0.4 is 0 Å². The average molecular weight is 208 g/mol. The van der Waals surface area contributed by atoms with Gasteiger partial charge in [0, 0.05) is 0 Å². The normalized spacial score (nSPS) is 12.0. The molecule has 0 aliphatic heterocycles. The third kappa shape index (κ3) is 1.25. The molecule has 16 heavy (non-hydrogen) atoms. The average Bonchev–Trinajstić information content (AvgIpc) is 2.75. The fourth-order valence-corrected chi connectivity index (χ4v) is 2.26. The maximum Gasteiger partial charge on any atom is 0.113 e. The van der Waals surface area contributed by atoms with Gasteiger partial charge in [-0.1, -0.05) is 49.1 Å². The zero-order valence-corrected chi connectivity index (χ0v) is 8.94.